The summed E-state index contributed by atoms with van der Waals surface area (Å²) < 4.78 is 21.4. The van der Waals surface area contributed by atoms with Crippen LogP contribution in [-0.4, -0.2) is 27.1 Å². The van der Waals surface area contributed by atoms with E-state index in [0.29, 0.717) is 0 Å². The summed E-state index contributed by atoms with van der Waals surface area (Å²) in [5.41, 5.74) is 0. The molecule has 0 aromatic carbocycles. The Morgan fingerprint density at radius 2 is 1.75 bits per heavy atom. The first kappa shape index (κ1) is 16.7. The van der Waals surface area contributed by atoms with Gasteiger partial charge in [-0.1, -0.05) is 4.73 Å². The van der Waals surface area contributed by atoms with Gasteiger partial charge in [0.15, 0.2) is 17.4 Å². The van der Waals surface area contributed by atoms with Crippen molar-refractivity contribution in [1.29, 1.82) is 0 Å². The van der Waals surface area contributed by atoms with Crippen LogP contribution in [0.1, 0.15) is 1.43 Å². The molecule has 0 spiro atoms. The topological polar surface area (TPSA) is 66.8 Å². The fourth-order valence-corrected chi connectivity index (χ4v) is 0. The van der Waals surface area contributed by atoms with Gasteiger partial charge in [0.05, 0.1) is 0 Å². The Bertz CT molecular complexity index is 84.6. The van der Waals surface area contributed by atoms with Gasteiger partial charge in [0, 0.05) is 0 Å². The molecule has 0 amide bonds. The summed E-state index contributed by atoms with van der Waals surface area (Å²) in [5.74, 6) is 0. The van der Waals surface area contributed by atoms with Crippen LogP contribution in [-0.2, 0) is 9.29 Å². The zero-order chi connectivity index (χ0) is 5.21. The molecule has 0 aliphatic carbocycles. The average molecular weight is 186 g/mol. The molecule has 0 aliphatic heterocycles. The zero-order valence-electron chi connectivity index (χ0n) is 4.54. The second-order valence-corrected chi connectivity index (χ2v) is 1.68. The molecule has 0 heterocycles. The molecule has 0 aliphatic rings. The predicted molar refractivity (Wildman–Crippen MR) is 25.3 cm³/mol. The zero-order valence-corrected chi connectivity index (χ0v) is 7.55. The van der Waals surface area contributed by atoms with Crippen molar-refractivity contribution in [3.8, 4) is 0 Å². The van der Waals surface area contributed by atoms with Crippen LogP contribution >= 0.6 is 7.82 Å². The van der Waals surface area contributed by atoms with Crippen molar-refractivity contribution in [2.45, 2.75) is 0 Å². The molecule has 0 rings (SSSR count). The quantitative estimate of drug-likeness (QED) is 0.323. The first-order chi connectivity index (χ1) is 2.56. The largest absolute Gasteiger partial charge is 1.00 e. The van der Waals surface area contributed by atoms with E-state index >= 15 is 0 Å². The summed E-state index contributed by atoms with van der Waals surface area (Å²) >= 11 is 0. The summed E-state index contributed by atoms with van der Waals surface area (Å²) in [5, 5.41) is 0. The van der Waals surface area contributed by atoms with Crippen molar-refractivity contribution in [2.24, 2.45) is 0 Å². The second-order valence-electron chi connectivity index (χ2n) is 0.560. The van der Waals surface area contributed by atoms with Crippen molar-refractivity contribution >= 4 is 25.2 Å². The smallest absolute Gasteiger partial charge is 1.00 e. The summed E-state index contributed by atoms with van der Waals surface area (Å²) in [6, 6.07) is 0. The van der Waals surface area contributed by atoms with E-state index in [4.69, 9.17) is 14.4 Å². The Labute approximate surface area is 100.0 Å². The molecule has 2 N–H and O–H groups in total. The van der Waals surface area contributed by atoms with E-state index in [1.807, 2.05) is 0 Å². The van der Waals surface area contributed by atoms with Crippen LogP contribution in [0.3, 0.4) is 0 Å². The molecule has 46 valence electrons. The first-order valence-electron chi connectivity index (χ1n) is 0.919. The maximum Gasteiger partial charge on any atom is 1.00 e. The minimum atomic E-state index is -4.81. The molecule has 0 saturated carbocycles. The SMILES string of the molecule is O=P(O)(O)OF.[AlH3].[H-].[K+]. The van der Waals surface area contributed by atoms with Crippen LogP contribution in [0.2, 0.25) is 0 Å². The molecule has 8 heavy (non-hydrogen) atoms. The van der Waals surface area contributed by atoms with E-state index in [-0.39, 0.29) is 70.2 Å². The molecule has 0 unspecified atom stereocenters. The van der Waals surface area contributed by atoms with Gasteiger partial charge in [0.25, 0.3) is 0 Å². The van der Waals surface area contributed by atoms with Crippen molar-refractivity contribution < 1.29 is 76.4 Å². The molecular formula is H6AlFKO4P. The fraction of sp³-hybridized carbons (Fsp3) is 0. The second kappa shape index (κ2) is 7.32. The summed E-state index contributed by atoms with van der Waals surface area (Å²) in [4.78, 5) is 14.7. The molecule has 0 saturated heterocycles. The summed E-state index contributed by atoms with van der Waals surface area (Å²) in [7, 11) is -4.81. The molecule has 0 bridgehead atoms. The van der Waals surface area contributed by atoms with E-state index < -0.39 is 7.82 Å². The number of phosphoric acid groups is 1. The Hall–Kier alpha value is 2.21. The van der Waals surface area contributed by atoms with Crippen molar-refractivity contribution in [3.05, 3.63) is 0 Å². The van der Waals surface area contributed by atoms with Crippen molar-refractivity contribution in [1.82, 2.24) is 0 Å². The van der Waals surface area contributed by atoms with Gasteiger partial charge in [-0.25, -0.2) is 4.57 Å². The minimum absolute atomic E-state index is 0. The molecule has 4 nitrogen and oxygen atoms in total. The van der Waals surface area contributed by atoms with Crippen molar-refractivity contribution in [3.63, 3.8) is 0 Å². The van der Waals surface area contributed by atoms with Crippen LogP contribution in [0, 0.1) is 0 Å². The Morgan fingerprint density at radius 3 is 1.75 bits per heavy atom. The summed E-state index contributed by atoms with van der Waals surface area (Å²) in [6.45, 7) is 0. The van der Waals surface area contributed by atoms with Crippen LogP contribution in [0.4, 0.5) is 4.53 Å². The van der Waals surface area contributed by atoms with Gasteiger partial charge in [-0.3, -0.25) is 0 Å². The van der Waals surface area contributed by atoms with Gasteiger partial charge in [0.2, 0.25) is 0 Å². The third-order valence-electron chi connectivity index (χ3n) is 0.0899. The van der Waals surface area contributed by atoms with Gasteiger partial charge in [-0.05, 0) is 4.53 Å². The molecule has 0 aromatic rings. The van der Waals surface area contributed by atoms with E-state index in [9.17, 15) is 4.53 Å². The monoisotopic (exact) mass is 186 g/mol. The average Bonchev–Trinajstić information content (AvgIpc) is 1.35. The van der Waals surface area contributed by atoms with E-state index in [0.717, 1.165) is 0 Å². The van der Waals surface area contributed by atoms with Gasteiger partial charge in [-0.2, -0.15) is 0 Å². The van der Waals surface area contributed by atoms with E-state index in [1.54, 1.807) is 0 Å². The van der Waals surface area contributed by atoms with Crippen LogP contribution in [0.15, 0.2) is 0 Å². The third kappa shape index (κ3) is 15.7. The normalized spacial score (nSPS) is 8.88. The maximum absolute atomic E-state index is 10.2. The predicted octanol–water partition coefficient (Wildman–Crippen LogP) is -4.09. The third-order valence-corrected chi connectivity index (χ3v) is 0.270. The molecule has 0 radical (unpaired) electrons. The molecule has 0 atom stereocenters. The van der Waals surface area contributed by atoms with Crippen LogP contribution in [0.25, 0.3) is 0 Å². The fourth-order valence-electron chi connectivity index (χ4n) is 0. The van der Waals surface area contributed by atoms with Gasteiger partial charge in [-0.15, -0.1) is 0 Å². The van der Waals surface area contributed by atoms with Crippen molar-refractivity contribution in [2.75, 3.05) is 0 Å². The van der Waals surface area contributed by atoms with E-state index in [2.05, 4.69) is 4.73 Å². The summed E-state index contributed by atoms with van der Waals surface area (Å²) in [6.07, 6.45) is 0. The Kier molecular flexibility index (Phi) is 15.2. The minimum Gasteiger partial charge on any atom is -1.00 e. The van der Waals surface area contributed by atoms with Crippen LogP contribution in [0.5, 0.6) is 0 Å². The molecule has 0 fully saturated rings. The first-order valence-corrected chi connectivity index (χ1v) is 2.45. The van der Waals surface area contributed by atoms with Crippen LogP contribution < -0.4 is 51.4 Å². The Balaban J connectivity index is -0.0000000417. The van der Waals surface area contributed by atoms with Gasteiger partial charge in [0.1, 0.15) is 0 Å². The number of rotatable bonds is 1. The van der Waals surface area contributed by atoms with Gasteiger partial charge >= 0.3 is 59.2 Å². The maximum atomic E-state index is 10.2. The Morgan fingerprint density at radius 1 is 1.62 bits per heavy atom. The standard InChI is InChI=1S/Al.FH2O4P.K.4H/c;1-5-6(2,3)4;;;;;/h;(H2,2,3,4);;;;;/q;;+1;;;;-1. The number of hydrogen-bond donors (Lipinski definition) is 2. The van der Waals surface area contributed by atoms with E-state index in [1.165, 1.54) is 0 Å². The number of hydrogen-bond acceptors (Lipinski definition) is 2. The molecule has 8 heteroatoms. The molecular weight excluding hydrogens is 180 g/mol. The van der Waals surface area contributed by atoms with Gasteiger partial charge < -0.3 is 11.2 Å². The molecule has 0 aromatic heterocycles. The number of halogens is 1.